The second kappa shape index (κ2) is 4.91. The van der Waals surface area contributed by atoms with Crippen LogP contribution in [0, 0.1) is 13.8 Å². The van der Waals surface area contributed by atoms with E-state index in [9.17, 15) is 4.79 Å². The van der Waals surface area contributed by atoms with Gasteiger partial charge in [-0.3, -0.25) is 9.20 Å². The highest BCUT2D eigenvalue weighted by molar-refractivity contribution is 9.10. The fraction of sp³-hybridized carbons (Fsp3) is 0.118. The Balaban J connectivity index is 2.33. The first kappa shape index (κ1) is 13.1. The normalized spacial score (nSPS) is 10.9. The number of benzene rings is 1. The van der Waals surface area contributed by atoms with Crippen LogP contribution in [-0.2, 0) is 0 Å². The number of fused-ring (bicyclic) bond motifs is 1. The van der Waals surface area contributed by atoms with Gasteiger partial charge in [0.25, 0.3) is 5.56 Å². The van der Waals surface area contributed by atoms with E-state index in [4.69, 9.17) is 0 Å². The number of hydrogen-bond acceptors (Lipinski definition) is 1. The summed E-state index contributed by atoms with van der Waals surface area (Å²) >= 11 is 3.52. The van der Waals surface area contributed by atoms with Crippen LogP contribution in [0.15, 0.2) is 57.9 Å². The lowest BCUT2D eigenvalue weighted by molar-refractivity contribution is 1.09. The van der Waals surface area contributed by atoms with Gasteiger partial charge >= 0.3 is 0 Å². The van der Waals surface area contributed by atoms with Crippen molar-refractivity contribution in [2.75, 3.05) is 0 Å². The largest absolute Gasteiger partial charge is 0.284 e. The first-order valence-corrected chi connectivity index (χ1v) is 7.25. The van der Waals surface area contributed by atoms with Crippen LogP contribution in [0.1, 0.15) is 11.1 Å². The van der Waals surface area contributed by atoms with Crippen LogP contribution in [0.2, 0.25) is 0 Å². The fourth-order valence-electron chi connectivity index (χ4n) is 2.42. The molecule has 0 atom stereocenters. The van der Waals surface area contributed by atoms with Crippen LogP contribution >= 0.6 is 15.9 Å². The van der Waals surface area contributed by atoms with Crippen molar-refractivity contribution in [3.8, 4) is 11.1 Å². The van der Waals surface area contributed by atoms with E-state index in [0.717, 1.165) is 32.2 Å². The zero-order valence-corrected chi connectivity index (χ0v) is 12.9. The molecule has 2 nitrogen and oxygen atoms in total. The van der Waals surface area contributed by atoms with Crippen LogP contribution in [-0.4, -0.2) is 4.40 Å². The third-order valence-electron chi connectivity index (χ3n) is 3.57. The molecule has 1 aromatic carbocycles. The van der Waals surface area contributed by atoms with E-state index in [2.05, 4.69) is 15.9 Å². The van der Waals surface area contributed by atoms with Gasteiger partial charge in [0.05, 0.1) is 0 Å². The summed E-state index contributed by atoms with van der Waals surface area (Å²) < 4.78 is 2.71. The van der Waals surface area contributed by atoms with Gasteiger partial charge in [-0.1, -0.05) is 28.1 Å². The molecule has 0 saturated heterocycles. The van der Waals surface area contributed by atoms with Gasteiger partial charge in [0.1, 0.15) is 0 Å². The van der Waals surface area contributed by atoms with Crippen molar-refractivity contribution in [3.63, 3.8) is 0 Å². The average molecular weight is 328 g/mol. The predicted molar refractivity (Wildman–Crippen MR) is 86.3 cm³/mol. The van der Waals surface area contributed by atoms with E-state index in [0.29, 0.717) is 0 Å². The highest BCUT2D eigenvalue weighted by Crippen LogP contribution is 2.26. The minimum atomic E-state index is 0.0173. The highest BCUT2D eigenvalue weighted by atomic mass is 79.9. The third-order valence-corrected chi connectivity index (χ3v) is 4.43. The van der Waals surface area contributed by atoms with Crippen LogP contribution in [0.25, 0.3) is 16.6 Å². The van der Waals surface area contributed by atoms with Crippen molar-refractivity contribution >= 4 is 21.4 Å². The minimum absolute atomic E-state index is 0.0173. The summed E-state index contributed by atoms with van der Waals surface area (Å²) in [7, 11) is 0. The lowest BCUT2D eigenvalue weighted by atomic mass is 10.0. The number of pyridine rings is 2. The number of halogens is 1. The quantitative estimate of drug-likeness (QED) is 0.651. The third kappa shape index (κ3) is 2.08. The van der Waals surface area contributed by atoms with Crippen molar-refractivity contribution < 1.29 is 0 Å². The van der Waals surface area contributed by atoms with Crippen molar-refractivity contribution in [1.82, 2.24) is 4.40 Å². The maximum absolute atomic E-state index is 12.7. The molecule has 0 amide bonds. The van der Waals surface area contributed by atoms with Gasteiger partial charge in [-0.25, -0.2) is 0 Å². The molecule has 0 aliphatic carbocycles. The highest BCUT2D eigenvalue weighted by Gasteiger charge is 2.10. The minimum Gasteiger partial charge on any atom is -0.284 e. The summed E-state index contributed by atoms with van der Waals surface area (Å²) in [6, 6.07) is 13.8. The summed E-state index contributed by atoms with van der Waals surface area (Å²) in [5.41, 5.74) is 4.87. The number of rotatable bonds is 1. The summed E-state index contributed by atoms with van der Waals surface area (Å²) in [5.74, 6) is 0. The van der Waals surface area contributed by atoms with E-state index >= 15 is 0 Å². The summed E-state index contributed by atoms with van der Waals surface area (Å²) in [6.07, 6.45) is 1.84. The Labute approximate surface area is 125 Å². The van der Waals surface area contributed by atoms with Gasteiger partial charge in [-0.15, -0.1) is 0 Å². The fourth-order valence-corrected chi connectivity index (χ4v) is 2.78. The topological polar surface area (TPSA) is 21.5 Å². The van der Waals surface area contributed by atoms with Gasteiger partial charge in [-0.05, 0) is 60.9 Å². The molecule has 0 aliphatic heterocycles. The molecule has 0 spiro atoms. The molecular formula is C17H14BrNO. The molecule has 0 N–H and O–H groups in total. The van der Waals surface area contributed by atoms with E-state index in [1.165, 1.54) is 0 Å². The molecular weight excluding hydrogens is 314 g/mol. The Hall–Kier alpha value is -1.87. The Kier molecular flexibility index (Phi) is 3.22. The average Bonchev–Trinajstić information content (AvgIpc) is 2.43. The number of aromatic nitrogens is 1. The van der Waals surface area contributed by atoms with Gasteiger partial charge < -0.3 is 0 Å². The van der Waals surface area contributed by atoms with E-state index in [1.807, 2.05) is 62.5 Å². The van der Waals surface area contributed by atoms with Crippen molar-refractivity contribution in [2.24, 2.45) is 0 Å². The lowest BCUT2D eigenvalue weighted by Gasteiger charge is -2.09. The molecule has 3 aromatic rings. The summed E-state index contributed by atoms with van der Waals surface area (Å²) in [4.78, 5) is 12.7. The summed E-state index contributed by atoms with van der Waals surface area (Å²) in [6.45, 7) is 4.04. The molecule has 100 valence electrons. The second-order valence-corrected chi connectivity index (χ2v) is 5.82. The van der Waals surface area contributed by atoms with Gasteiger partial charge in [0.15, 0.2) is 0 Å². The second-order valence-electron chi connectivity index (χ2n) is 4.96. The van der Waals surface area contributed by atoms with Crippen LogP contribution < -0.4 is 5.56 Å². The molecule has 0 saturated carbocycles. The molecule has 2 heterocycles. The molecule has 3 heteroatoms. The first-order chi connectivity index (χ1) is 9.58. The SMILES string of the molecule is Cc1ccn2c(=O)c(-c3cccc(Br)c3C)ccc2c1. The zero-order chi connectivity index (χ0) is 14.3. The Bertz CT molecular complexity index is 864. The van der Waals surface area contributed by atoms with Gasteiger partial charge in [-0.2, -0.15) is 0 Å². The predicted octanol–water partition coefficient (Wildman–Crippen LogP) is 4.35. The Morgan fingerprint density at radius 3 is 2.60 bits per heavy atom. The van der Waals surface area contributed by atoms with Gasteiger partial charge in [0.2, 0.25) is 0 Å². The number of hydrogen-bond donors (Lipinski definition) is 0. The van der Waals surface area contributed by atoms with E-state index in [-0.39, 0.29) is 5.56 Å². The zero-order valence-electron chi connectivity index (χ0n) is 11.4. The monoisotopic (exact) mass is 327 g/mol. The molecule has 0 fully saturated rings. The van der Waals surface area contributed by atoms with Crippen molar-refractivity contribution in [3.05, 3.63) is 74.6 Å². The van der Waals surface area contributed by atoms with E-state index < -0.39 is 0 Å². The maximum Gasteiger partial charge on any atom is 0.262 e. The van der Waals surface area contributed by atoms with Crippen LogP contribution in [0.5, 0.6) is 0 Å². The Morgan fingerprint density at radius 2 is 1.80 bits per heavy atom. The Morgan fingerprint density at radius 1 is 1.00 bits per heavy atom. The molecule has 0 unspecified atom stereocenters. The molecule has 3 rings (SSSR count). The van der Waals surface area contributed by atoms with Crippen LogP contribution in [0.4, 0.5) is 0 Å². The standard InChI is InChI=1S/C17H14BrNO/c1-11-8-9-19-13(10-11)6-7-15(17(19)20)14-4-3-5-16(18)12(14)2/h3-10H,1-2H3. The smallest absolute Gasteiger partial charge is 0.262 e. The number of nitrogens with zero attached hydrogens (tertiary/aromatic N) is 1. The first-order valence-electron chi connectivity index (χ1n) is 6.45. The lowest BCUT2D eigenvalue weighted by Crippen LogP contribution is -2.15. The van der Waals surface area contributed by atoms with Crippen LogP contribution in [0.3, 0.4) is 0 Å². The van der Waals surface area contributed by atoms with Crippen molar-refractivity contribution in [2.45, 2.75) is 13.8 Å². The molecule has 2 aromatic heterocycles. The summed E-state index contributed by atoms with van der Waals surface area (Å²) in [5, 5.41) is 0. The molecule has 0 aliphatic rings. The maximum atomic E-state index is 12.7. The molecule has 0 radical (unpaired) electrons. The number of aryl methyl sites for hydroxylation is 1. The molecule has 0 bridgehead atoms. The van der Waals surface area contributed by atoms with Gasteiger partial charge in [0, 0.05) is 21.7 Å². The molecule has 20 heavy (non-hydrogen) atoms. The van der Waals surface area contributed by atoms with Crippen molar-refractivity contribution in [1.29, 1.82) is 0 Å². The van der Waals surface area contributed by atoms with E-state index in [1.54, 1.807) is 4.40 Å².